The average Bonchev–Trinajstić information content (AvgIpc) is 2.38. The largest absolute Gasteiger partial charge is 0.484 e. The molecule has 0 radical (unpaired) electrons. The number of halogens is 2. The number of carboxylic acid groups (broad SMARTS) is 1. The predicted octanol–water partition coefficient (Wildman–Crippen LogP) is 2.23. The van der Waals surface area contributed by atoms with Gasteiger partial charge in [-0.3, -0.25) is 9.59 Å². The second-order valence-corrected chi connectivity index (χ2v) is 4.67. The maximum Gasteiger partial charge on any atom is 0.303 e. The van der Waals surface area contributed by atoms with E-state index < -0.39 is 11.8 Å². The van der Waals surface area contributed by atoms with Crippen LogP contribution in [0, 0.1) is 5.82 Å². The van der Waals surface area contributed by atoms with E-state index in [1.807, 2.05) is 0 Å². The second-order valence-electron chi connectivity index (χ2n) is 4.27. The normalized spacial score (nSPS) is 11.8. The minimum atomic E-state index is -0.914. The molecule has 0 bridgehead atoms. The third-order valence-corrected chi connectivity index (χ3v) is 2.75. The Kier molecular flexibility index (Phi) is 6.24. The summed E-state index contributed by atoms with van der Waals surface area (Å²) in [4.78, 5) is 21.9. The molecule has 0 aliphatic carbocycles. The number of ether oxygens (including phenoxy) is 1. The highest BCUT2D eigenvalue weighted by Crippen LogP contribution is 2.20. The Labute approximate surface area is 120 Å². The Hall–Kier alpha value is -1.82. The van der Waals surface area contributed by atoms with Gasteiger partial charge >= 0.3 is 5.97 Å². The molecule has 5 nitrogen and oxygen atoms in total. The van der Waals surface area contributed by atoms with Gasteiger partial charge in [0.2, 0.25) is 0 Å². The summed E-state index contributed by atoms with van der Waals surface area (Å²) in [7, 11) is 0. The van der Waals surface area contributed by atoms with Gasteiger partial charge in [-0.05, 0) is 25.5 Å². The van der Waals surface area contributed by atoms with E-state index in [4.69, 9.17) is 21.4 Å². The Morgan fingerprint density at radius 2 is 2.20 bits per heavy atom. The van der Waals surface area contributed by atoms with Crippen LogP contribution in [-0.4, -0.2) is 29.6 Å². The summed E-state index contributed by atoms with van der Waals surface area (Å²) in [6.45, 7) is 1.45. The molecule has 0 spiro atoms. The summed E-state index contributed by atoms with van der Waals surface area (Å²) >= 11 is 5.57. The molecule has 0 saturated heterocycles. The second kappa shape index (κ2) is 7.69. The summed E-state index contributed by atoms with van der Waals surface area (Å²) in [5.74, 6) is -1.58. The standard InChI is InChI=1S/C13H15ClFNO4/c1-8(2-5-13(18)19)16-12(17)7-20-9-3-4-11(15)10(14)6-9/h3-4,6,8H,2,5,7H2,1H3,(H,16,17)(H,18,19). The molecule has 1 atom stereocenters. The number of aliphatic carboxylic acids is 1. The van der Waals surface area contributed by atoms with Gasteiger partial charge in [0, 0.05) is 18.5 Å². The highest BCUT2D eigenvalue weighted by molar-refractivity contribution is 6.30. The minimum absolute atomic E-state index is 0.0180. The number of carboxylic acids is 1. The van der Waals surface area contributed by atoms with Gasteiger partial charge in [-0.25, -0.2) is 4.39 Å². The molecule has 1 aromatic carbocycles. The van der Waals surface area contributed by atoms with Crippen molar-refractivity contribution in [2.75, 3.05) is 6.61 Å². The monoisotopic (exact) mass is 303 g/mol. The van der Waals surface area contributed by atoms with Crippen LogP contribution in [0.15, 0.2) is 18.2 Å². The quantitative estimate of drug-likeness (QED) is 0.810. The van der Waals surface area contributed by atoms with Crippen molar-refractivity contribution < 1.29 is 23.8 Å². The van der Waals surface area contributed by atoms with Gasteiger partial charge < -0.3 is 15.2 Å². The Bertz CT molecular complexity index is 495. The van der Waals surface area contributed by atoms with E-state index in [2.05, 4.69) is 5.32 Å². The van der Waals surface area contributed by atoms with E-state index in [0.717, 1.165) is 6.07 Å². The fraction of sp³-hybridized carbons (Fsp3) is 0.385. The lowest BCUT2D eigenvalue weighted by Crippen LogP contribution is -2.36. The summed E-state index contributed by atoms with van der Waals surface area (Å²) in [5.41, 5.74) is 0. The van der Waals surface area contributed by atoms with Crippen molar-refractivity contribution >= 4 is 23.5 Å². The molecular formula is C13H15ClFNO4. The van der Waals surface area contributed by atoms with Crippen molar-refractivity contribution in [1.82, 2.24) is 5.32 Å². The van der Waals surface area contributed by atoms with Crippen molar-refractivity contribution in [2.45, 2.75) is 25.8 Å². The summed E-state index contributed by atoms with van der Waals surface area (Å²) in [6.07, 6.45) is 0.319. The van der Waals surface area contributed by atoms with Crippen LogP contribution < -0.4 is 10.1 Å². The van der Waals surface area contributed by atoms with Crippen LogP contribution in [0.25, 0.3) is 0 Å². The number of nitrogens with one attached hydrogen (secondary N) is 1. The lowest BCUT2D eigenvalue weighted by Gasteiger charge is -2.13. The SMILES string of the molecule is CC(CCC(=O)O)NC(=O)COc1ccc(F)c(Cl)c1. The highest BCUT2D eigenvalue weighted by atomic mass is 35.5. The lowest BCUT2D eigenvalue weighted by molar-refractivity contribution is -0.137. The molecule has 0 heterocycles. The Morgan fingerprint density at radius 1 is 1.50 bits per heavy atom. The zero-order chi connectivity index (χ0) is 15.1. The molecule has 1 aromatic rings. The molecule has 0 aromatic heterocycles. The Balaban J connectivity index is 2.35. The molecule has 20 heavy (non-hydrogen) atoms. The Morgan fingerprint density at radius 3 is 2.80 bits per heavy atom. The molecule has 1 amide bonds. The van der Waals surface area contributed by atoms with E-state index in [1.165, 1.54) is 12.1 Å². The van der Waals surface area contributed by atoms with Crippen LogP contribution in [0.5, 0.6) is 5.75 Å². The van der Waals surface area contributed by atoms with Crippen molar-refractivity contribution in [3.8, 4) is 5.75 Å². The molecule has 2 N–H and O–H groups in total. The lowest BCUT2D eigenvalue weighted by atomic mass is 10.2. The van der Waals surface area contributed by atoms with E-state index in [-0.39, 0.29) is 35.7 Å². The maximum atomic E-state index is 12.9. The predicted molar refractivity (Wildman–Crippen MR) is 71.4 cm³/mol. The molecule has 7 heteroatoms. The van der Waals surface area contributed by atoms with Gasteiger partial charge in [-0.2, -0.15) is 0 Å². The van der Waals surface area contributed by atoms with Crippen LogP contribution in [0.3, 0.4) is 0 Å². The summed E-state index contributed by atoms with van der Waals surface area (Å²) < 4.78 is 18.1. The van der Waals surface area contributed by atoms with E-state index in [0.29, 0.717) is 6.42 Å². The first kappa shape index (κ1) is 16.2. The van der Waals surface area contributed by atoms with E-state index in [9.17, 15) is 14.0 Å². The van der Waals surface area contributed by atoms with E-state index in [1.54, 1.807) is 6.92 Å². The number of carbonyl (C=O) groups is 2. The van der Waals surface area contributed by atoms with Crippen LogP contribution >= 0.6 is 11.6 Å². The zero-order valence-electron chi connectivity index (χ0n) is 10.9. The van der Waals surface area contributed by atoms with Gasteiger partial charge in [0.15, 0.2) is 6.61 Å². The smallest absolute Gasteiger partial charge is 0.303 e. The van der Waals surface area contributed by atoms with Crippen molar-refractivity contribution in [3.05, 3.63) is 29.0 Å². The van der Waals surface area contributed by atoms with Gasteiger partial charge in [-0.15, -0.1) is 0 Å². The third-order valence-electron chi connectivity index (χ3n) is 2.46. The zero-order valence-corrected chi connectivity index (χ0v) is 11.6. The number of rotatable bonds is 7. The minimum Gasteiger partial charge on any atom is -0.484 e. The number of carbonyl (C=O) groups excluding carboxylic acids is 1. The number of amides is 1. The van der Waals surface area contributed by atoms with Crippen molar-refractivity contribution in [1.29, 1.82) is 0 Å². The van der Waals surface area contributed by atoms with Gasteiger partial charge in [-0.1, -0.05) is 11.6 Å². The number of hydrogen-bond acceptors (Lipinski definition) is 3. The van der Waals surface area contributed by atoms with E-state index >= 15 is 0 Å². The molecule has 0 aliphatic rings. The van der Waals surface area contributed by atoms with Crippen LogP contribution in [0.2, 0.25) is 5.02 Å². The molecule has 0 fully saturated rings. The average molecular weight is 304 g/mol. The third kappa shape index (κ3) is 5.88. The molecule has 1 unspecified atom stereocenters. The maximum absolute atomic E-state index is 12.9. The van der Waals surface area contributed by atoms with Crippen molar-refractivity contribution in [3.63, 3.8) is 0 Å². The van der Waals surface area contributed by atoms with Crippen LogP contribution in [-0.2, 0) is 9.59 Å². The first-order valence-electron chi connectivity index (χ1n) is 5.97. The molecule has 110 valence electrons. The van der Waals surface area contributed by atoms with Crippen molar-refractivity contribution in [2.24, 2.45) is 0 Å². The summed E-state index contributed by atoms with van der Waals surface area (Å²) in [5, 5.41) is 11.0. The molecule has 1 rings (SSSR count). The molecular weight excluding hydrogens is 289 g/mol. The van der Waals surface area contributed by atoms with Gasteiger partial charge in [0.05, 0.1) is 5.02 Å². The number of hydrogen-bond donors (Lipinski definition) is 2. The molecule has 0 aliphatic heterocycles. The number of benzene rings is 1. The van der Waals surface area contributed by atoms with Crippen LogP contribution in [0.1, 0.15) is 19.8 Å². The summed E-state index contributed by atoms with van der Waals surface area (Å²) in [6, 6.07) is 3.52. The first-order chi connectivity index (χ1) is 9.38. The van der Waals surface area contributed by atoms with Gasteiger partial charge in [0.1, 0.15) is 11.6 Å². The van der Waals surface area contributed by atoms with Crippen LogP contribution in [0.4, 0.5) is 4.39 Å². The fourth-order valence-electron chi connectivity index (χ4n) is 1.44. The highest BCUT2D eigenvalue weighted by Gasteiger charge is 2.10. The first-order valence-corrected chi connectivity index (χ1v) is 6.35. The molecule has 0 saturated carbocycles. The fourth-order valence-corrected chi connectivity index (χ4v) is 1.61. The topological polar surface area (TPSA) is 75.6 Å². The van der Waals surface area contributed by atoms with Gasteiger partial charge in [0.25, 0.3) is 5.91 Å².